The summed E-state index contributed by atoms with van der Waals surface area (Å²) in [6.45, 7) is 0.648. The molecule has 0 bridgehead atoms. The van der Waals surface area contributed by atoms with Crippen LogP contribution in [0.4, 0.5) is 0 Å². The van der Waals surface area contributed by atoms with Crippen molar-refractivity contribution in [1.29, 1.82) is 0 Å². The van der Waals surface area contributed by atoms with E-state index in [4.69, 9.17) is 4.74 Å². The van der Waals surface area contributed by atoms with Crippen molar-refractivity contribution in [3.05, 3.63) is 65.7 Å². The fourth-order valence-electron chi connectivity index (χ4n) is 2.75. The Hall–Kier alpha value is -2.33. The molecule has 1 saturated heterocycles. The van der Waals surface area contributed by atoms with Crippen LogP contribution in [0.2, 0.25) is 0 Å². The van der Waals surface area contributed by atoms with Crippen LogP contribution in [0.5, 0.6) is 5.75 Å². The summed E-state index contributed by atoms with van der Waals surface area (Å²) in [6.07, 6.45) is 0.784. The molecule has 1 heterocycles. The fourth-order valence-corrected chi connectivity index (χ4v) is 2.75. The van der Waals surface area contributed by atoms with Gasteiger partial charge in [-0.25, -0.2) is 0 Å². The van der Waals surface area contributed by atoms with Crippen molar-refractivity contribution >= 4 is 5.91 Å². The van der Waals surface area contributed by atoms with Crippen molar-refractivity contribution in [3.8, 4) is 5.75 Å². The van der Waals surface area contributed by atoms with Gasteiger partial charge in [-0.3, -0.25) is 10.1 Å². The molecule has 2 aromatic rings. The van der Waals surface area contributed by atoms with E-state index >= 15 is 0 Å². The van der Waals surface area contributed by atoms with Crippen LogP contribution in [0, 0.1) is 0 Å². The predicted molar refractivity (Wildman–Crippen MR) is 85.8 cm³/mol. The van der Waals surface area contributed by atoms with E-state index in [0.717, 1.165) is 17.7 Å². The number of methoxy groups -OCH3 is 1. The molecule has 0 radical (unpaired) electrons. The predicted octanol–water partition coefficient (Wildman–Crippen LogP) is 2.07. The number of carbonyl (C=O) groups excluding carboxylic acids is 1. The molecular formula is C18H20N2O2. The summed E-state index contributed by atoms with van der Waals surface area (Å²) in [7, 11) is 1.64. The van der Waals surface area contributed by atoms with Gasteiger partial charge in [-0.1, -0.05) is 42.5 Å². The zero-order chi connectivity index (χ0) is 15.4. The third kappa shape index (κ3) is 3.28. The highest BCUT2D eigenvalue weighted by atomic mass is 16.5. The third-order valence-electron chi connectivity index (χ3n) is 4.00. The van der Waals surface area contributed by atoms with Crippen LogP contribution in [0.15, 0.2) is 54.6 Å². The molecule has 1 aliphatic rings. The molecule has 114 valence electrons. The molecule has 0 aromatic heterocycles. The Morgan fingerprint density at radius 2 is 1.82 bits per heavy atom. The van der Waals surface area contributed by atoms with Gasteiger partial charge in [0.1, 0.15) is 5.75 Å². The van der Waals surface area contributed by atoms with Gasteiger partial charge in [-0.05, 0) is 23.3 Å². The Balaban J connectivity index is 1.63. The molecule has 2 unspecified atom stereocenters. The smallest absolute Gasteiger partial charge is 0.230 e. The maximum Gasteiger partial charge on any atom is 0.230 e. The average molecular weight is 296 g/mol. The topological polar surface area (TPSA) is 50.4 Å². The molecule has 0 saturated carbocycles. The molecule has 22 heavy (non-hydrogen) atoms. The summed E-state index contributed by atoms with van der Waals surface area (Å²) in [5, 5.41) is 6.47. The normalized spacial score (nSPS) is 21.2. The Labute approximate surface area is 130 Å². The number of hydrogen-bond acceptors (Lipinski definition) is 3. The quantitative estimate of drug-likeness (QED) is 0.908. The molecule has 2 N–H and O–H groups in total. The molecule has 4 heteroatoms. The van der Waals surface area contributed by atoms with Crippen LogP contribution in [0.25, 0.3) is 0 Å². The lowest BCUT2D eigenvalue weighted by Gasteiger charge is -2.31. The van der Waals surface area contributed by atoms with Gasteiger partial charge in [-0.15, -0.1) is 0 Å². The van der Waals surface area contributed by atoms with Crippen LogP contribution < -0.4 is 15.4 Å². The lowest BCUT2D eigenvalue weighted by molar-refractivity contribution is -0.125. The summed E-state index contributed by atoms with van der Waals surface area (Å²) < 4.78 is 5.15. The molecule has 4 nitrogen and oxygen atoms in total. The van der Waals surface area contributed by atoms with Gasteiger partial charge in [0.2, 0.25) is 5.91 Å². The molecule has 2 aromatic carbocycles. The third-order valence-corrected chi connectivity index (χ3v) is 4.00. The Morgan fingerprint density at radius 3 is 2.45 bits per heavy atom. The lowest BCUT2D eigenvalue weighted by Crippen LogP contribution is -2.56. The molecule has 0 spiro atoms. The van der Waals surface area contributed by atoms with Crippen molar-refractivity contribution in [2.75, 3.05) is 13.7 Å². The van der Waals surface area contributed by atoms with Crippen molar-refractivity contribution in [1.82, 2.24) is 10.6 Å². The van der Waals surface area contributed by atoms with Gasteiger partial charge in [0.15, 0.2) is 0 Å². The summed E-state index contributed by atoms with van der Waals surface area (Å²) >= 11 is 0. The average Bonchev–Trinajstić information content (AvgIpc) is 2.56. The number of nitrogens with one attached hydrogen (secondary N) is 2. The Bertz CT molecular complexity index is 625. The van der Waals surface area contributed by atoms with Crippen LogP contribution in [-0.4, -0.2) is 25.7 Å². The number of rotatable bonds is 4. The zero-order valence-electron chi connectivity index (χ0n) is 12.6. The number of ether oxygens (including phenoxy) is 1. The first-order valence-corrected chi connectivity index (χ1v) is 7.48. The van der Waals surface area contributed by atoms with Gasteiger partial charge in [-0.2, -0.15) is 0 Å². The number of benzene rings is 2. The first-order chi connectivity index (χ1) is 10.8. The highest BCUT2D eigenvalue weighted by Gasteiger charge is 2.28. The fraction of sp³-hybridized carbons (Fsp3) is 0.278. The van der Waals surface area contributed by atoms with Crippen LogP contribution in [-0.2, 0) is 11.2 Å². The number of hydrogen-bond donors (Lipinski definition) is 2. The summed E-state index contributed by atoms with van der Waals surface area (Å²) in [6, 6.07) is 17.8. The lowest BCUT2D eigenvalue weighted by atomic mass is 9.95. The standard InChI is InChI=1S/C18H20N2O2/c1-22-15-9-7-14(8-10-15)16-12-19-17(20-18(16)21)11-13-5-3-2-4-6-13/h2-10,16-17,19H,11-12H2,1H3,(H,20,21). The summed E-state index contributed by atoms with van der Waals surface area (Å²) in [4.78, 5) is 12.4. The largest absolute Gasteiger partial charge is 0.497 e. The maximum absolute atomic E-state index is 12.4. The Kier molecular flexibility index (Phi) is 4.39. The first kappa shape index (κ1) is 14.6. The molecule has 1 amide bonds. The van der Waals surface area contributed by atoms with E-state index < -0.39 is 0 Å². The first-order valence-electron chi connectivity index (χ1n) is 7.48. The number of carbonyl (C=O) groups is 1. The monoisotopic (exact) mass is 296 g/mol. The second kappa shape index (κ2) is 6.62. The summed E-state index contributed by atoms with van der Waals surface area (Å²) in [5.74, 6) is 0.720. The molecule has 3 rings (SSSR count). The molecule has 2 atom stereocenters. The second-order valence-corrected chi connectivity index (χ2v) is 5.48. The van der Waals surface area contributed by atoms with E-state index in [0.29, 0.717) is 6.54 Å². The highest BCUT2D eigenvalue weighted by molar-refractivity contribution is 5.85. The minimum Gasteiger partial charge on any atom is -0.497 e. The second-order valence-electron chi connectivity index (χ2n) is 5.48. The minimum absolute atomic E-state index is 0.00982. The van der Waals surface area contributed by atoms with E-state index in [1.807, 2.05) is 42.5 Å². The van der Waals surface area contributed by atoms with Crippen LogP contribution in [0.1, 0.15) is 17.0 Å². The van der Waals surface area contributed by atoms with E-state index in [9.17, 15) is 4.79 Å². The SMILES string of the molecule is COc1ccc(C2CNC(Cc3ccccc3)NC2=O)cc1. The van der Waals surface area contributed by atoms with Crippen molar-refractivity contribution in [3.63, 3.8) is 0 Å². The van der Waals surface area contributed by atoms with E-state index in [1.165, 1.54) is 5.56 Å². The van der Waals surface area contributed by atoms with Gasteiger partial charge >= 0.3 is 0 Å². The van der Waals surface area contributed by atoms with Gasteiger partial charge in [0.05, 0.1) is 19.2 Å². The Morgan fingerprint density at radius 1 is 1.09 bits per heavy atom. The van der Waals surface area contributed by atoms with Gasteiger partial charge in [0, 0.05) is 13.0 Å². The van der Waals surface area contributed by atoms with E-state index in [2.05, 4.69) is 22.8 Å². The van der Waals surface area contributed by atoms with E-state index in [-0.39, 0.29) is 18.0 Å². The van der Waals surface area contributed by atoms with Gasteiger partial charge < -0.3 is 10.1 Å². The van der Waals surface area contributed by atoms with Crippen molar-refractivity contribution in [2.24, 2.45) is 0 Å². The molecule has 1 fully saturated rings. The zero-order valence-corrected chi connectivity index (χ0v) is 12.6. The molecule has 0 aliphatic carbocycles. The van der Waals surface area contributed by atoms with Crippen molar-refractivity contribution in [2.45, 2.75) is 18.5 Å². The highest BCUT2D eigenvalue weighted by Crippen LogP contribution is 2.21. The van der Waals surface area contributed by atoms with Crippen LogP contribution >= 0.6 is 0 Å². The van der Waals surface area contributed by atoms with Crippen LogP contribution in [0.3, 0.4) is 0 Å². The van der Waals surface area contributed by atoms with Gasteiger partial charge in [0.25, 0.3) is 0 Å². The molecule has 1 aliphatic heterocycles. The number of amides is 1. The maximum atomic E-state index is 12.4. The van der Waals surface area contributed by atoms with E-state index in [1.54, 1.807) is 7.11 Å². The minimum atomic E-state index is -0.155. The van der Waals surface area contributed by atoms with Crippen molar-refractivity contribution < 1.29 is 9.53 Å². The summed E-state index contributed by atoms with van der Waals surface area (Å²) in [5.41, 5.74) is 2.21. The molecular weight excluding hydrogens is 276 g/mol.